The molecule has 0 atom stereocenters. The van der Waals surface area contributed by atoms with Crippen LogP contribution in [0.3, 0.4) is 0 Å². The molecule has 4 nitrogen and oxygen atoms in total. The Morgan fingerprint density at radius 2 is 1.94 bits per heavy atom. The Hall–Kier alpha value is -0.130. The van der Waals surface area contributed by atoms with Crippen LogP contribution in [0.4, 0.5) is 0 Å². The van der Waals surface area contributed by atoms with Crippen molar-refractivity contribution in [2.45, 2.75) is 40.0 Å². The van der Waals surface area contributed by atoms with Gasteiger partial charge in [-0.3, -0.25) is 0 Å². The number of hydrogen-bond acceptors (Lipinski definition) is 3. The second-order valence-corrected chi connectivity index (χ2v) is 7.67. The Morgan fingerprint density at radius 1 is 1.24 bits per heavy atom. The summed E-state index contributed by atoms with van der Waals surface area (Å²) < 4.78 is 25.9. The van der Waals surface area contributed by atoms with Crippen LogP contribution < -0.4 is 5.32 Å². The molecule has 0 aromatic carbocycles. The monoisotopic (exact) mass is 262 g/mol. The van der Waals surface area contributed by atoms with Gasteiger partial charge in [-0.25, -0.2) is 12.7 Å². The van der Waals surface area contributed by atoms with Crippen molar-refractivity contribution < 1.29 is 8.42 Å². The molecule has 1 aliphatic heterocycles. The summed E-state index contributed by atoms with van der Waals surface area (Å²) in [6.45, 7) is 9.19. The number of rotatable bonds is 5. The first-order valence-corrected chi connectivity index (χ1v) is 8.17. The lowest BCUT2D eigenvalue weighted by atomic mass is 9.85. The van der Waals surface area contributed by atoms with E-state index in [0.717, 1.165) is 25.8 Å². The quantitative estimate of drug-likeness (QED) is 0.763. The predicted molar refractivity (Wildman–Crippen MR) is 71.5 cm³/mol. The van der Waals surface area contributed by atoms with Crippen LogP contribution in [0.1, 0.15) is 40.0 Å². The number of nitrogens with zero attached hydrogens (tertiary/aromatic N) is 1. The second-order valence-electron chi connectivity index (χ2n) is 5.59. The zero-order chi connectivity index (χ0) is 12.9. The van der Waals surface area contributed by atoms with Gasteiger partial charge in [-0.15, -0.1) is 0 Å². The maximum atomic E-state index is 12.1. The van der Waals surface area contributed by atoms with Crippen LogP contribution in [-0.4, -0.2) is 44.7 Å². The highest BCUT2D eigenvalue weighted by Gasteiger charge is 2.28. The van der Waals surface area contributed by atoms with Gasteiger partial charge in [0.1, 0.15) is 0 Å². The molecule has 0 bridgehead atoms. The molecule has 0 radical (unpaired) electrons. The largest absolute Gasteiger partial charge is 0.316 e. The van der Waals surface area contributed by atoms with E-state index in [0.29, 0.717) is 19.6 Å². The molecular formula is C12H26N2O2S. The number of sulfonamides is 1. The third-order valence-electron chi connectivity index (χ3n) is 3.48. The van der Waals surface area contributed by atoms with Crippen molar-refractivity contribution in [3.05, 3.63) is 0 Å². The lowest BCUT2D eigenvalue weighted by Crippen LogP contribution is -2.37. The topological polar surface area (TPSA) is 49.4 Å². The van der Waals surface area contributed by atoms with E-state index in [4.69, 9.17) is 0 Å². The van der Waals surface area contributed by atoms with Crippen molar-refractivity contribution in [1.82, 2.24) is 9.62 Å². The van der Waals surface area contributed by atoms with Gasteiger partial charge in [0, 0.05) is 19.6 Å². The van der Waals surface area contributed by atoms with E-state index in [1.54, 1.807) is 4.31 Å². The zero-order valence-electron chi connectivity index (χ0n) is 11.3. The van der Waals surface area contributed by atoms with Gasteiger partial charge in [-0.1, -0.05) is 20.8 Å². The fraction of sp³-hybridized carbons (Fsp3) is 1.00. The minimum Gasteiger partial charge on any atom is -0.316 e. The van der Waals surface area contributed by atoms with E-state index in [1.165, 1.54) is 0 Å². The van der Waals surface area contributed by atoms with Gasteiger partial charge in [0.05, 0.1) is 5.75 Å². The van der Waals surface area contributed by atoms with Crippen molar-refractivity contribution in [3.8, 4) is 0 Å². The van der Waals surface area contributed by atoms with E-state index in [1.807, 2.05) is 6.92 Å². The maximum Gasteiger partial charge on any atom is 0.215 e. The zero-order valence-corrected chi connectivity index (χ0v) is 12.1. The number of nitrogens with one attached hydrogen (secondary N) is 1. The molecule has 0 spiro atoms. The molecule has 5 heteroatoms. The Labute approximate surface area is 106 Å². The summed E-state index contributed by atoms with van der Waals surface area (Å²) >= 11 is 0. The lowest BCUT2D eigenvalue weighted by molar-refractivity contribution is 0.315. The molecule has 0 aromatic heterocycles. The van der Waals surface area contributed by atoms with Gasteiger partial charge in [0.2, 0.25) is 10.0 Å². The van der Waals surface area contributed by atoms with Crippen LogP contribution in [0.2, 0.25) is 0 Å². The first kappa shape index (κ1) is 14.9. The minimum absolute atomic E-state index is 0.223. The molecule has 0 unspecified atom stereocenters. The van der Waals surface area contributed by atoms with E-state index in [-0.39, 0.29) is 11.2 Å². The van der Waals surface area contributed by atoms with Crippen LogP contribution >= 0.6 is 0 Å². The average molecular weight is 262 g/mol. The van der Waals surface area contributed by atoms with Crippen molar-refractivity contribution in [2.24, 2.45) is 5.41 Å². The number of hydrogen-bond donors (Lipinski definition) is 1. The Bertz CT molecular complexity index is 325. The molecule has 1 saturated heterocycles. The summed E-state index contributed by atoms with van der Waals surface area (Å²) in [6, 6.07) is 0. The Balaban J connectivity index is 2.54. The molecule has 102 valence electrons. The molecule has 1 N–H and O–H groups in total. The standard InChI is InChI=1S/C12H26N2O2S/c1-4-13-8-11-17(15,16)14-9-5-6-12(2,3)7-10-14/h13H,4-11H2,1-3H3. The van der Waals surface area contributed by atoms with E-state index in [2.05, 4.69) is 19.2 Å². The maximum absolute atomic E-state index is 12.1. The molecule has 0 saturated carbocycles. The van der Waals surface area contributed by atoms with Gasteiger partial charge in [-0.2, -0.15) is 0 Å². The molecule has 0 aromatic rings. The minimum atomic E-state index is -3.06. The fourth-order valence-electron chi connectivity index (χ4n) is 2.18. The summed E-state index contributed by atoms with van der Waals surface area (Å²) in [5.74, 6) is 0.223. The first-order chi connectivity index (χ1) is 7.87. The summed E-state index contributed by atoms with van der Waals surface area (Å²) in [7, 11) is -3.06. The van der Waals surface area contributed by atoms with E-state index < -0.39 is 10.0 Å². The highest BCUT2D eigenvalue weighted by Crippen LogP contribution is 2.30. The van der Waals surface area contributed by atoms with Gasteiger partial charge in [-0.05, 0) is 31.2 Å². The highest BCUT2D eigenvalue weighted by molar-refractivity contribution is 7.89. The molecule has 0 aliphatic carbocycles. The predicted octanol–water partition coefficient (Wildman–Crippen LogP) is 1.44. The second kappa shape index (κ2) is 6.16. The van der Waals surface area contributed by atoms with Crippen molar-refractivity contribution >= 4 is 10.0 Å². The summed E-state index contributed by atoms with van der Waals surface area (Å²) in [4.78, 5) is 0. The third-order valence-corrected chi connectivity index (χ3v) is 5.35. The van der Waals surface area contributed by atoms with Gasteiger partial charge < -0.3 is 5.32 Å². The fourth-order valence-corrected chi connectivity index (χ4v) is 3.62. The molecule has 1 rings (SSSR count). The molecule has 1 heterocycles. The van der Waals surface area contributed by atoms with Gasteiger partial charge in [0.15, 0.2) is 0 Å². The average Bonchev–Trinajstić information content (AvgIpc) is 2.40. The Morgan fingerprint density at radius 3 is 2.59 bits per heavy atom. The van der Waals surface area contributed by atoms with Crippen LogP contribution in [0, 0.1) is 5.41 Å². The van der Waals surface area contributed by atoms with Gasteiger partial charge in [0.25, 0.3) is 0 Å². The molecule has 0 amide bonds. The van der Waals surface area contributed by atoms with Crippen molar-refractivity contribution in [2.75, 3.05) is 31.9 Å². The molecule has 1 aliphatic rings. The smallest absolute Gasteiger partial charge is 0.215 e. The molecular weight excluding hydrogens is 236 g/mol. The van der Waals surface area contributed by atoms with Gasteiger partial charge >= 0.3 is 0 Å². The SMILES string of the molecule is CCNCCS(=O)(=O)N1CCCC(C)(C)CC1. The Kier molecular flexibility index (Phi) is 5.41. The van der Waals surface area contributed by atoms with Crippen molar-refractivity contribution in [3.63, 3.8) is 0 Å². The highest BCUT2D eigenvalue weighted by atomic mass is 32.2. The summed E-state index contributed by atoms with van der Waals surface area (Å²) in [5, 5.41) is 3.07. The molecule has 17 heavy (non-hydrogen) atoms. The molecule has 1 fully saturated rings. The van der Waals surface area contributed by atoms with Crippen LogP contribution in [0.5, 0.6) is 0 Å². The van der Waals surface area contributed by atoms with E-state index in [9.17, 15) is 8.42 Å². The normalized spacial score (nSPS) is 22.3. The third kappa shape index (κ3) is 4.94. The first-order valence-electron chi connectivity index (χ1n) is 6.56. The van der Waals surface area contributed by atoms with Crippen LogP contribution in [-0.2, 0) is 10.0 Å². The summed E-state index contributed by atoms with van der Waals surface area (Å²) in [6.07, 6.45) is 3.06. The lowest BCUT2D eigenvalue weighted by Gasteiger charge is -2.23. The van der Waals surface area contributed by atoms with Crippen molar-refractivity contribution in [1.29, 1.82) is 0 Å². The van der Waals surface area contributed by atoms with E-state index >= 15 is 0 Å². The summed E-state index contributed by atoms with van der Waals surface area (Å²) in [5.41, 5.74) is 0.284. The van der Waals surface area contributed by atoms with Crippen LogP contribution in [0.25, 0.3) is 0 Å². The van der Waals surface area contributed by atoms with Crippen LogP contribution in [0.15, 0.2) is 0 Å².